The molecule has 0 bridgehead atoms. The summed E-state index contributed by atoms with van der Waals surface area (Å²) in [5.41, 5.74) is 1.20. The first-order chi connectivity index (χ1) is 20.3. The Morgan fingerprint density at radius 1 is 0.952 bits per heavy atom. The number of halogens is 3. The van der Waals surface area contributed by atoms with Gasteiger partial charge in [0.1, 0.15) is 18.1 Å². The van der Waals surface area contributed by atoms with Crippen LogP contribution >= 0.6 is 0 Å². The number of nitrogens with zero attached hydrogens (tertiary/aromatic N) is 5. The van der Waals surface area contributed by atoms with Crippen LogP contribution in [0.1, 0.15) is 38.5 Å². The van der Waals surface area contributed by atoms with Crippen LogP contribution in [0.2, 0.25) is 0 Å². The average Bonchev–Trinajstić information content (AvgIpc) is 3.53. The maximum atomic E-state index is 15.2. The van der Waals surface area contributed by atoms with E-state index in [-0.39, 0.29) is 52.9 Å². The highest BCUT2D eigenvalue weighted by molar-refractivity contribution is 5.97. The Labute approximate surface area is 243 Å². The molecule has 1 aliphatic carbocycles. The van der Waals surface area contributed by atoms with Gasteiger partial charge >= 0.3 is 0 Å². The van der Waals surface area contributed by atoms with Crippen molar-refractivity contribution in [2.75, 3.05) is 55.5 Å². The van der Waals surface area contributed by atoms with Crippen molar-refractivity contribution in [1.82, 2.24) is 14.9 Å². The largest absolute Gasteiger partial charge is 0.486 e. The lowest BCUT2D eigenvalue weighted by atomic mass is 10.0. The molecule has 2 aromatic carbocycles. The van der Waals surface area contributed by atoms with Gasteiger partial charge in [-0.05, 0) is 70.1 Å². The summed E-state index contributed by atoms with van der Waals surface area (Å²) in [7, 11) is 4.13. The normalized spacial score (nSPS) is 17.9. The molecule has 2 fully saturated rings. The Morgan fingerprint density at radius 2 is 1.71 bits per heavy atom. The molecule has 1 aromatic heterocycles. The van der Waals surface area contributed by atoms with Crippen molar-refractivity contribution in [2.45, 2.75) is 44.6 Å². The van der Waals surface area contributed by atoms with Gasteiger partial charge in [0.15, 0.2) is 17.4 Å². The van der Waals surface area contributed by atoms with Gasteiger partial charge in [-0.2, -0.15) is 0 Å². The van der Waals surface area contributed by atoms with Crippen LogP contribution in [0.5, 0.6) is 5.75 Å². The van der Waals surface area contributed by atoms with E-state index in [4.69, 9.17) is 4.74 Å². The summed E-state index contributed by atoms with van der Waals surface area (Å²) in [4.78, 5) is 27.3. The van der Waals surface area contributed by atoms with Crippen LogP contribution in [-0.4, -0.2) is 67.2 Å². The van der Waals surface area contributed by atoms with E-state index in [0.29, 0.717) is 24.0 Å². The molecule has 1 saturated carbocycles. The monoisotopic (exact) mass is 580 g/mol. The highest BCUT2D eigenvalue weighted by Gasteiger charge is 2.33. The number of anilines is 4. The summed E-state index contributed by atoms with van der Waals surface area (Å²) in [5.74, 6) is -2.00. The third-order valence-electron chi connectivity index (χ3n) is 8.60. The first-order valence-electron chi connectivity index (χ1n) is 14.6. The van der Waals surface area contributed by atoms with Gasteiger partial charge in [-0.1, -0.05) is 12.8 Å². The highest BCUT2D eigenvalue weighted by atomic mass is 19.1. The number of piperidine rings is 1. The number of amides is 1. The minimum Gasteiger partial charge on any atom is -0.486 e. The number of carbonyl (C=O) groups is 1. The summed E-state index contributed by atoms with van der Waals surface area (Å²) in [5, 5.41) is 2.94. The molecule has 1 saturated heterocycles. The Balaban J connectivity index is 1.23. The van der Waals surface area contributed by atoms with Crippen LogP contribution < -0.4 is 19.9 Å². The summed E-state index contributed by atoms with van der Waals surface area (Å²) in [6, 6.07) is 7.97. The summed E-state index contributed by atoms with van der Waals surface area (Å²) >= 11 is 0. The van der Waals surface area contributed by atoms with Gasteiger partial charge in [-0.25, -0.2) is 23.1 Å². The van der Waals surface area contributed by atoms with Gasteiger partial charge in [0.25, 0.3) is 0 Å². The van der Waals surface area contributed by atoms with Gasteiger partial charge < -0.3 is 24.8 Å². The SMILES string of the molecule is CN(C)C1CCN(c2ccc(Nc3ncc(F)c(-c4cc(F)c5c(c4)N(C(=O)C4CCCC4)CCO5)n3)cc2F)CC1. The zero-order chi connectivity index (χ0) is 29.4. The van der Waals surface area contributed by atoms with Crippen LogP contribution in [0, 0.1) is 23.4 Å². The van der Waals surface area contributed by atoms with Gasteiger partial charge in [0, 0.05) is 36.3 Å². The van der Waals surface area contributed by atoms with Crippen molar-refractivity contribution >= 4 is 28.9 Å². The number of aromatic nitrogens is 2. The number of benzene rings is 2. The molecule has 42 heavy (non-hydrogen) atoms. The second-order valence-corrected chi connectivity index (χ2v) is 11.5. The van der Waals surface area contributed by atoms with Gasteiger partial charge in [0.2, 0.25) is 11.9 Å². The second kappa shape index (κ2) is 11.8. The Morgan fingerprint density at radius 3 is 2.43 bits per heavy atom. The molecule has 0 spiro atoms. The smallest absolute Gasteiger partial charge is 0.230 e. The fourth-order valence-corrected chi connectivity index (χ4v) is 6.26. The van der Waals surface area contributed by atoms with E-state index in [1.807, 2.05) is 4.90 Å². The molecule has 3 heterocycles. The van der Waals surface area contributed by atoms with Crippen molar-refractivity contribution in [2.24, 2.45) is 5.92 Å². The van der Waals surface area contributed by atoms with E-state index >= 15 is 13.2 Å². The summed E-state index contributed by atoms with van der Waals surface area (Å²) < 4.78 is 50.9. The number of fused-ring (bicyclic) bond motifs is 1. The molecule has 11 heteroatoms. The molecule has 8 nitrogen and oxygen atoms in total. The molecule has 0 radical (unpaired) electrons. The van der Waals surface area contributed by atoms with E-state index in [0.717, 1.165) is 63.9 Å². The van der Waals surface area contributed by atoms with Crippen molar-refractivity contribution in [3.8, 4) is 17.0 Å². The van der Waals surface area contributed by atoms with Crippen LogP contribution in [0.15, 0.2) is 36.5 Å². The van der Waals surface area contributed by atoms with Crippen LogP contribution in [0.3, 0.4) is 0 Å². The molecule has 6 rings (SSSR count). The minimum absolute atomic E-state index is 0.0225. The number of hydrogen-bond acceptors (Lipinski definition) is 7. The molecular weight excluding hydrogens is 545 g/mol. The molecule has 0 unspecified atom stereocenters. The molecule has 1 N–H and O–H groups in total. The second-order valence-electron chi connectivity index (χ2n) is 11.5. The van der Waals surface area contributed by atoms with E-state index in [1.54, 1.807) is 17.0 Å². The zero-order valence-electron chi connectivity index (χ0n) is 23.9. The Kier molecular flexibility index (Phi) is 7.94. The van der Waals surface area contributed by atoms with Gasteiger partial charge in [-0.3, -0.25) is 4.79 Å². The standard InChI is InChI=1S/C31H35F3N6O2/c1-38(2)22-9-11-39(12-10-22)26-8-7-21(17-23(26)32)36-31-35-18-25(34)28(37-31)20-15-24(33)29-27(16-20)40(13-14-42-29)30(41)19-5-3-4-6-19/h7-8,15-19,22H,3-6,9-14H2,1-2H3,(H,35,36,37). The van der Waals surface area contributed by atoms with E-state index < -0.39 is 11.6 Å². The maximum absolute atomic E-state index is 15.2. The quantitative estimate of drug-likeness (QED) is 0.398. The maximum Gasteiger partial charge on any atom is 0.230 e. The predicted molar refractivity (Wildman–Crippen MR) is 156 cm³/mol. The van der Waals surface area contributed by atoms with E-state index in [2.05, 4.69) is 34.3 Å². The van der Waals surface area contributed by atoms with Crippen molar-refractivity contribution in [3.05, 3.63) is 54.0 Å². The lowest BCUT2D eigenvalue weighted by Crippen LogP contribution is -2.42. The topological polar surface area (TPSA) is 73.8 Å². The number of nitrogens with one attached hydrogen (secondary N) is 1. The molecule has 222 valence electrons. The third kappa shape index (κ3) is 5.62. The van der Waals surface area contributed by atoms with Crippen LogP contribution in [-0.2, 0) is 4.79 Å². The summed E-state index contributed by atoms with van der Waals surface area (Å²) in [6.45, 7) is 2.01. The first kappa shape index (κ1) is 28.3. The third-order valence-corrected chi connectivity index (χ3v) is 8.60. The Bertz CT molecular complexity index is 1470. The molecular formula is C31H35F3N6O2. The van der Waals surface area contributed by atoms with E-state index in [9.17, 15) is 4.79 Å². The lowest BCUT2D eigenvalue weighted by molar-refractivity contribution is -0.122. The van der Waals surface area contributed by atoms with E-state index in [1.165, 1.54) is 12.1 Å². The molecule has 1 amide bonds. The fourth-order valence-electron chi connectivity index (χ4n) is 6.26. The van der Waals surface area contributed by atoms with Crippen LogP contribution in [0.25, 0.3) is 11.3 Å². The zero-order valence-corrected chi connectivity index (χ0v) is 23.9. The lowest BCUT2D eigenvalue weighted by Gasteiger charge is -2.36. The molecule has 2 aliphatic heterocycles. The van der Waals surface area contributed by atoms with Gasteiger partial charge in [0.05, 0.1) is 24.1 Å². The number of ether oxygens (including phenoxy) is 1. The highest BCUT2D eigenvalue weighted by Crippen LogP contribution is 2.40. The summed E-state index contributed by atoms with van der Waals surface area (Å²) in [6.07, 6.45) is 6.50. The fraction of sp³-hybridized carbons (Fsp3) is 0.452. The molecule has 3 aromatic rings. The predicted octanol–water partition coefficient (Wildman–Crippen LogP) is 5.75. The van der Waals surface area contributed by atoms with Crippen molar-refractivity contribution in [1.29, 1.82) is 0 Å². The number of rotatable bonds is 6. The molecule has 0 atom stereocenters. The van der Waals surface area contributed by atoms with Crippen molar-refractivity contribution in [3.63, 3.8) is 0 Å². The number of hydrogen-bond donors (Lipinski definition) is 1. The van der Waals surface area contributed by atoms with Crippen LogP contribution in [0.4, 0.5) is 36.2 Å². The minimum atomic E-state index is -0.757. The average molecular weight is 581 g/mol. The first-order valence-corrected chi connectivity index (χ1v) is 14.6. The Hall–Kier alpha value is -3.86. The van der Waals surface area contributed by atoms with Crippen molar-refractivity contribution < 1.29 is 22.7 Å². The molecule has 3 aliphatic rings. The number of carbonyl (C=O) groups excluding carboxylic acids is 1. The van der Waals surface area contributed by atoms with Gasteiger partial charge in [-0.15, -0.1) is 0 Å².